The van der Waals surface area contributed by atoms with Gasteiger partial charge < -0.3 is 14.6 Å². The van der Waals surface area contributed by atoms with E-state index in [9.17, 15) is 4.79 Å². The van der Waals surface area contributed by atoms with Crippen LogP contribution in [-0.2, 0) is 6.42 Å². The van der Waals surface area contributed by atoms with E-state index < -0.39 is 0 Å². The van der Waals surface area contributed by atoms with Gasteiger partial charge in [0.1, 0.15) is 4.88 Å². The first-order valence-electron chi connectivity index (χ1n) is 9.19. The van der Waals surface area contributed by atoms with Gasteiger partial charge in [0.05, 0.1) is 34.1 Å². The summed E-state index contributed by atoms with van der Waals surface area (Å²) in [5.41, 5.74) is 2.56. The van der Waals surface area contributed by atoms with E-state index in [-0.39, 0.29) is 17.2 Å². The lowest BCUT2D eigenvalue weighted by atomic mass is 9.73. The number of likely N-dealkylation sites (tertiary alicyclic amines) is 1. The summed E-state index contributed by atoms with van der Waals surface area (Å²) in [5.74, 6) is 1.13. The summed E-state index contributed by atoms with van der Waals surface area (Å²) in [6.07, 6.45) is 2.10. The summed E-state index contributed by atoms with van der Waals surface area (Å²) >= 11 is 13.4. The Morgan fingerprint density at radius 1 is 1.31 bits per heavy atom. The molecular formula is C19H17Cl2N5O2S. The van der Waals surface area contributed by atoms with Gasteiger partial charge in [-0.2, -0.15) is 0 Å². The molecule has 5 rings (SSSR count). The molecule has 4 heterocycles. The Morgan fingerprint density at radius 2 is 2.17 bits per heavy atom. The van der Waals surface area contributed by atoms with E-state index in [1.165, 1.54) is 11.3 Å². The second kappa shape index (κ2) is 7.36. The topological polar surface area (TPSA) is 84.2 Å². The minimum absolute atomic E-state index is 0.00989. The predicted octanol–water partition coefficient (Wildman–Crippen LogP) is 3.25. The third-order valence-corrected chi connectivity index (χ3v) is 7.15. The number of thiazole rings is 1. The van der Waals surface area contributed by atoms with Crippen molar-refractivity contribution in [2.24, 2.45) is 5.41 Å². The number of nitrogens with one attached hydrogen (secondary N) is 1. The van der Waals surface area contributed by atoms with Crippen molar-refractivity contribution in [2.75, 3.05) is 26.2 Å². The van der Waals surface area contributed by atoms with E-state index >= 15 is 0 Å². The van der Waals surface area contributed by atoms with E-state index in [1.807, 2.05) is 11.0 Å². The highest BCUT2D eigenvalue weighted by molar-refractivity contribution is 7.11. The zero-order valence-corrected chi connectivity index (χ0v) is 17.6. The van der Waals surface area contributed by atoms with Crippen molar-refractivity contribution in [3.63, 3.8) is 0 Å². The summed E-state index contributed by atoms with van der Waals surface area (Å²) in [5, 5.41) is 12.9. The van der Waals surface area contributed by atoms with Crippen LogP contribution in [0.15, 0.2) is 34.3 Å². The van der Waals surface area contributed by atoms with Gasteiger partial charge in [-0.1, -0.05) is 29.3 Å². The van der Waals surface area contributed by atoms with Crippen LogP contribution in [0, 0.1) is 5.41 Å². The number of benzene rings is 1. The molecule has 2 aliphatic heterocycles. The van der Waals surface area contributed by atoms with Crippen molar-refractivity contribution in [3.05, 3.63) is 62.2 Å². The molecule has 1 amide bonds. The number of hydrogen-bond acceptors (Lipinski definition) is 7. The molecule has 0 bridgehead atoms. The van der Waals surface area contributed by atoms with Gasteiger partial charge in [-0.15, -0.1) is 21.5 Å². The molecule has 1 N–H and O–H groups in total. The molecular weight excluding hydrogens is 433 g/mol. The second-order valence-electron chi connectivity index (χ2n) is 7.53. The van der Waals surface area contributed by atoms with Crippen LogP contribution in [0.5, 0.6) is 0 Å². The predicted molar refractivity (Wildman–Crippen MR) is 110 cm³/mol. The largest absolute Gasteiger partial charge is 0.425 e. The van der Waals surface area contributed by atoms with E-state index in [0.717, 1.165) is 18.7 Å². The molecule has 1 aromatic carbocycles. The third-order valence-electron chi connectivity index (χ3n) is 5.65. The summed E-state index contributed by atoms with van der Waals surface area (Å²) in [7, 11) is 0. The number of halogens is 2. The monoisotopic (exact) mass is 449 g/mol. The summed E-state index contributed by atoms with van der Waals surface area (Å²) in [6, 6.07) is 5.45. The normalized spacial score (nSPS) is 20.2. The Balaban J connectivity index is 1.36. The Bertz CT molecular complexity index is 1050. The summed E-state index contributed by atoms with van der Waals surface area (Å²) in [4.78, 5) is 19.4. The molecule has 0 saturated carbocycles. The van der Waals surface area contributed by atoms with Crippen LogP contribution < -0.4 is 5.32 Å². The number of amides is 1. The smallest absolute Gasteiger partial charge is 0.265 e. The van der Waals surface area contributed by atoms with Crippen molar-refractivity contribution in [1.82, 2.24) is 25.4 Å². The van der Waals surface area contributed by atoms with Crippen molar-refractivity contribution >= 4 is 40.4 Å². The molecule has 1 spiro atoms. The average molecular weight is 450 g/mol. The molecule has 2 aromatic heterocycles. The number of aromatic nitrogens is 3. The lowest BCUT2D eigenvalue weighted by Crippen LogP contribution is -2.57. The van der Waals surface area contributed by atoms with Gasteiger partial charge in [0, 0.05) is 31.6 Å². The first-order valence-corrected chi connectivity index (χ1v) is 10.8. The number of carbonyl (C=O) groups excluding carboxylic acids is 1. The van der Waals surface area contributed by atoms with E-state index in [1.54, 1.807) is 23.8 Å². The molecule has 2 aliphatic rings. The molecule has 29 heavy (non-hydrogen) atoms. The van der Waals surface area contributed by atoms with Crippen LogP contribution in [-0.4, -0.2) is 52.2 Å². The maximum atomic E-state index is 12.8. The molecule has 2 saturated heterocycles. The molecule has 1 atom stereocenters. The highest BCUT2D eigenvalue weighted by atomic mass is 35.5. The van der Waals surface area contributed by atoms with Gasteiger partial charge in [-0.05, 0) is 17.7 Å². The van der Waals surface area contributed by atoms with E-state index in [2.05, 4.69) is 20.5 Å². The standard InChI is InChI=1S/C19H17Cl2N5O2S/c20-13-2-1-11(3-14(13)21)4-16-24-25-17(28-16)12-6-26(9-19(12)7-23-8-19)18(27)15-5-22-10-29-15/h1-3,5,10,12,23H,4,6-9H2. The first kappa shape index (κ1) is 19.0. The van der Waals surface area contributed by atoms with Crippen molar-refractivity contribution in [2.45, 2.75) is 12.3 Å². The lowest BCUT2D eigenvalue weighted by Gasteiger charge is -2.42. The van der Waals surface area contributed by atoms with Gasteiger partial charge in [-0.25, -0.2) is 0 Å². The fourth-order valence-electron chi connectivity index (χ4n) is 4.05. The third kappa shape index (κ3) is 3.44. The Morgan fingerprint density at radius 3 is 2.86 bits per heavy atom. The maximum absolute atomic E-state index is 12.8. The molecule has 0 radical (unpaired) electrons. The molecule has 7 nitrogen and oxygen atoms in total. The fraction of sp³-hybridized carbons (Fsp3) is 0.368. The van der Waals surface area contributed by atoms with E-state index in [0.29, 0.717) is 46.2 Å². The van der Waals surface area contributed by atoms with Crippen molar-refractivity contribution in [3.8, 4) is 0 Å². The highest BCUT2D eigenvalue weighted by Crippen LogP contribution is 2.45. The van der Waals surface area contributed by atoms with Crippen LogP contribution in [0.3, 0.4) is 0 Å². The molecule has 1 unspecified atom stereocenters. The van der Waals surface area contributed by atoms with E-state index in [4.69, 9.17) is 27.6 Å². The van der Waals surface area contributed by atoms with Crippen LogP contribution in [0.1, 0.15) is 32.9 Å². The number of rotatable bonds is 4. The Kier molecular flexibility index (Phi) is 4.82. The van der Waals surface area contributed by atoms with Gasteiger partial charge in [0.25, 0.3) is 5.91 Å². The van der Waals surface area contributed by atoms with Crippen LogP contribution >= 0.6 is 34.5 Å². The van der Waals surface area contributed by atoms with Crippen molar-refractivity contribution in [1.29, 1.82) is 0 Å². The van der Waals surface area contributed by atoms with Crippen molar-refractivity contribution < 1.29 is 9.21 Å². The SMILES string of the molecule is O=C(c1cncs1)N1CC(c2nnc(Cc3ccc(Cl)c(Cl)c3)o2)C2(CNC2)C1. The zero-order chi connectivity index (χ0) is 20.0. The van der Waals surface area contributed by atoms with Crippen LogP contribution in [0.2, 0.25) is 10.0 Å². The second-order valence-corrected chi connectivity index (χ2v) is 9.23. The minimum Gasteiger partial charge on any atom is -0.425 e. The summed E-state index contributed by atoms with van der Waals surface area (Å²) < 4.78 is 6.02. The quantitative estimate of drug-likeness (QED) is 0.657. The van der Waals surface area contributed by atoms with Gasteiger partial charge in [0.2, 0.25) is 11.8 Å². The molecule has 2 fully saturated rings. The van der Waals surface area contributed by atoms with Gasteiger partial charge in [-0.3, -0.25) is 9.78 Å². The zero-order valence-electron chi connectivity index (χ0n) is 15.3. The molecule has 3 aromatic rings. The Hall–Kier alpha value is -2.00. The van der Waals surface area contributed by atoms with Crippen LogP contribution in [0.4, 0.5) is 0 Å². The molecule has 150 valence electrons. The highest BCUT2D eigenvalue weighted by Gasteiger charge is 2.54. The maximum Gasteiger partial charge on any atom is 0.265 e. The molecule has 10 heteroatoms. The minimum atomic E-state index is -0.0618. The molecule has 0 aliphatic carbocycles. The lowest BCUT2D eigenvalue weighted by molar-refractivity contribution is 0.0753. The van der Waals surface area contributed by atoms with Crippen LogP contribution in [0.25, 0.3) is 0 Å². The van der Waals surface area contributed by atoms with Gasteiger partial charge in [0.15, 0.2) is 0 Å². The number of carbonyl (C=O) groups is 1. The number of nitrogens with zero attached hydrogens (tertiary/aromatic N) is 4. The first-order chi connectivity index (χ1) is 14.0. The Labute approximate surface area is 181 Å². The average Bonchev–Trinajstić information content (AvgIpc) is 3.42. The number of hydrogen-bond donors (Lipinski definition) is 1. The van der Waals surface area contributed by atoms with Gasteiger partial charge >= 0.3 is 0 Å². The summed E-state index contributed by atoms with van der Waals surface area (Å²) in [6.45, 7) is 2.89. The fourth-order valence-corrected chi connectivity index (χ4v) is 4.96.